The molecule has 25 heavy (non-hydrogen) atoms. The van der Waals surface area contributed by atoms with Crippen LogP contribution >= 0.6 is 0 Å². The summed E-state index contributed by atoms with van der Waals surface area (Å²) in [5.74, 6) is -0.0779. The van der Waals surface area contributed by atoms with Crippen molar-refractivity contribution in [2.24, 2.45) is 0 Å². The van der Waals surface area contributed by atoms with Gasteiger partial charge in [0.2, 0.25) is 11.8 Å². The lowest BCUT2D eigenvalue weighted by atomic mass is 10.1. The Kier molecular flexibility index (Phi) is 7.75. The molecule has 0 bridgehead atoms. The molecule has 2 atom stereocenters. The van der Waals surface area contributed by atoms with Crippen molar-refractivity contribution in [3.63, 3.8) is 0 Å². The van der Waals surface area contributed by atoms with Gasteiger partial charge in [0, 0.05) is 45.3 Å². The van der Waals surface area contributed by atoms with Crippen molar-refractivity contribution in [1.82, 2.24) is 20.2 Å². The van der Waals surface area contributed by atoms with E-state index in [9.17, 15) is 9.59 Å². The largest absolute Gasteiger partial charge is 0.381 e. The van der Waals surface area contributed by atoms with Crippen LogP contribution in [0.15, 0.2) is 18.6 Å². The van der Waals surface area contributed by atoms with Gasteiger partial charge < -0.3 is 19.7 Å². The van der Waals surface area contributed by atoms with Crippen LogP contribution in [0.1, 0.15) is 25.5 Å². The fourth-order valence-corrected chi connectivity index (χ4v) is 2.66. The first-order chi connectivity index (χ1) is 12.1. The van der Waals surface area contributed by atoms with E-state index in [0.717, 1.165) is 6.42 Å². The zero-order valence-corrected chi connectivity index (χ0v) is 14.8. The van der Waals surface area contributed by atoms with Crippen molar-refractivity contribution in [2.75, 3.05) is 33.4 Å². The van der Waals surface area contributed by atoms with Crippen molar-refractivity contribution < 1.29 is 19.1 Å². The van der Waals surface area contributed by atoms with Crippen LogP contribution in [0, 0.1) is 0 Å². The summed E-state index contributed by atoms with van der Waals surface area (Å²) in [5, 5.41) is 2.83. The predicted octanol–water partition coefficient (Wildman–Crippen LogP) is 0.178. The second kappa shape index (κ2) is 10.0. The van der Waals surface area contributed by atoms with E-state index in [1.54, 1.807) is 30.6 Å². The Hall–Kier alpha value is -2.06. The molecule has 8 heteroatoms. The monoisotopic (exact) mass is 350 g/mol. The number of nitrogens with one attached hydrogen (secondary N) is 1. The number of morpholine rings is 1. The summed E-state index contributed by atoms with van der Waals surface area (Å²) < 4.78 is 10.9. The lowest BCUT2D eigenvalue weighted by Crippen LogP contribution is -2.50. The van der Waals surface area contributed by atoms with Gasteiger partial charge in [-0.3, -0.25) is 19.6 Å². The maximum Gasteiger partial charge on any atom is 0.226 e. The first-order valence-electron chi connectivity index (χ1n) is 8.56. The van der Waals surface area contributed by atoms with E-state index in [1.165, 1.54) is 0 Å². The van der Waals surface area contributed by atoms with E-state index in [0.29, 0.717) is 38.4 Å². The Morgan fingerprint density at radius 1 is 1.48 bits per heavy atom. The molecular formula is C17H26N4O4. The summed E-state index contributed by atoms with van der Waals surface area (Å²) in [5.41, 5.74) is 0.617. The average Bonchev–Trinajstić information content (AvgIpc) is 2.65. The molecule has 138 valence electrons. The Bertz CT molecular complexity index is 551. The number of carbonyl (C=O) groups excluding carboxylic acids is 2. The van der Waals surface area contributed by atoms with E-state index in [2.05, 4.69) is 15.3 Å². The number of aromatic nitrogens is 2. The first kappa shape index (κ1) is 19.3. The molecule has 2 heterocycles. The molecule has 0 saturated carbocycles. The molecule has 0 spiro atoms. The van der Waals surface area contributed by atoms with E-state index in [4.69, 9.17) is 9.47 Å². The fraction of sp³-hybridized carbons (Fsp3) is 0.647. The number of rotatable bonds is 8. The third kappa shape index (κ3) is 6.39. The summed E-state index contributed by atoms with van der Waals surface area (Å²) in [4.78, 5) is 34.1. The topological polar surface area (TPSA) is 93.7 Å². The van der Waals surface area contributed by atoms with Crippen LogP contribution in [0.2, 0.25) is 0 Å². The van der Waals surface area contributed by atoms with Crippen molar-refractivity contribution in [1.29, 1.82) is 0 Å². The number of ether oxygens (including phenoxy) is 2. The zero-order valence-electron chi connectivity index (χ0n) is 14.8. The second-order valence-electron chi connectivity index (χ2n) is 5.98. The molecule has 2 rings (SSSR count). The molecule has 1 aromatic heterocycles. The summed E-state index contributed by atoms with van der Waals surface area (Å²) in [6.07, 6.45) is 5.78. The molecule has 1 N–H and O–H groups in total. The summed E-state index contributed by atoms with van der Waals surface area (Å²) >= 11 is 0. The van der Waals surface area contributed by atoms with Gasteiger partial charge >= 0.3 is 0 Å². The zero-order chi connectivity index (χ0) is 18.1. The highest BCUT2D eigenvalue weighted by Gasteiger charge is 2.26. The molecule has 0 radical (unpaired) electrons. The molecule has 2 amide bonds. The van der Waals surface area contributed by atoms with Crippen molar-refractivity contribution in [2.45, 2.75) is 38.4 Å². The van der Waals surface area contributed by atoms with Gasteiger partial charge in [0.1, 0.15) is 0 Å². The van der Waals surface area contributed by atoms with Gasteiger partial charge in [0.05, 0.1) is 37.4 Å². The van der Waals surface area contributed by atoms with Crippen LogP contribution in [-0.2, 0) is 25.5 Å². The van der Waals surface area contributed by atoms with E-state index in [-0.39, 0.29) is 30.4 Å². The van der Waals surface area contributed by atoms with Crippen molar-refractivity contribution >= 4 is 11.8 Å². The fourth-order valence-electron chi connectivity index (χ4n) is 2.66. The molecule has 1 aliphatic rings. The Morgan fingerprint density at radius 2 is 2.32 bits per heavy atom. The van der Waals surface area contributed by atoms with Crippen LogP contribution in [0.4, 0.5) is 0 Å². The Balaban J connectivity index is 1.75. The number of amides is 2. The summed E-state index contributed by atoms with van der Waals surface area (Å²) in [6, 6.07) is 0. The maximum atomic E-state index is 12.3. The van der Waals surface area contributed by atoms with Gasteiger partial charge in [-0.25, -0.2) is 0 Å². The highest BCUT2D eigenvalue weighted by molar-refractivity contribution is 5.78. The molecule has 8 nitrogen and oxygen atoms in total. The Morgan fingerprint density at radius 3 is 3.00 bits per heavy atom. The SMILES string of the molecule is CCC(CC(=O)N1CCOC(CNC(=O)Cc2cnccn2)C1)OC. The summed E-state index contributed by atoms with van der Waals surface area (Å²) in [7, 11) is 1.62. The van der Waals surface area contributed by atoms with Crippen LogP contribution in [0.3, 0.4) is 0 Å². The molecule has 1 saturated heterocycles. The van der Waals surface area contributed by atoms with Gasteiger partial charge in [-0.15, -0.1) is 0 Å². The van der Waals surface area contributed by atoms with Crippen molar-refractivity contribution in [3.05, 3.63) is 24.3 Å². The highest BCUT2D eigenvalue weighted by atomic mass is 16.5. The van der Waals surface area contributed by atoms with Gasteiger partial charge in [-0.2, -0.15) is 0 Å². The molecule has 2 unspecified atom stereocenters. The second-order valence-corrected chi connectivity index (χ2v) is 5.98. The summed E-state index contributed by atoms with van der Waals surface area (Å²) in [6.45, 7) is 3.88. The highest BCUT2D eigenvalue weighted by Crippen LogP contribution is 2.10. The molecular weight excluding hydrogens is 324 g/mol. The first-order valence-corrected chi connectivity index (χ1v) is 8.56. The normalized spacial score (nSPS) is 18.6. The standard InChI is InChI=1S/C17H26N4O4/c1-3-14(24-2)9-17(23)21-6-7-25-15(12-21)11-20-16(22)8-13-10-18-4-5-19-13/h4-5,10,14-15H,3,6-9,11-12H2,1-2H3,(H,20,22). The molecule has 1 aromatic rings. The number of hydrogen-bond donors (Lipinski definition) is 1. The number of nitrogens with zero attached hydrogens (tertiary/aromatic N) is 3. The predicted molar refractivity (Wildman–Crippen MR) is 90.8 cm³/mol. The van der Waals surface area contributed by atoms with Crippen molar-refractivity contribution in [3.8, 4) is 0 Å². The van der Waals surface area contributed by atoms with E-state index < -0.39 is 0 Å². The average molecular weight is 350 g/mol. The van der Waals surface area contributed by atoms with Crippen LogP contribution in [0.5, 0.6) is 0 Å². The lowest BCUT2D eigenvalue weighted by Gasteiger charge is -2.33. The number of hydrogen-bond acceptors (Lipinski definition) is 6. The number of methoxy groups -OCH3 is 1. The smallest absolute Gasteiger partial charge is 0.226 e. The minimum Gasteiger partial charge on any atom is -0.381 e. The molecule has 0 aromatic carbocycles. The van der Waals surface area contributed by atoms with E-state index >= 15 is 0 Å². The molecule has 0 aliphatic carbocycles. The third-order valence-corrected chi connectivity index (χ3v) is 4.17. The van der Waals surface area contributed by atoms with Gasteiger partial charge in [0.15, 0.2) is 0 Å². The maximum absolute atomic E-state index is 12.3. The number of carbonyl (C=O) groups is 2. The lowest BCUT2D eigenvalue weighted by molar-refractivity contribution is -0.141. The minimum absolute atomic E-state index is 0.0551. The van der Waals surface area contributed by atoms with Crippen LogP contribution in [0.25, 0.3) is 0 Å². The third-order valence-electron chi connectivity index (χ3n) is 4.17. The quantitative estimate of drug-likeness (QED) is 0.719. The van der Waals surface area contributed by atoms with Gasteiger partial charge in [-0.05, 0) is 6.42 Å². The van der Waals surface area contributed by atoms with Gasteiger partial charge in [-0.1, -0.05) is 6.92 Å². The van der Waals surface area contributed by atoms with Crippen LogP contribution in [-0.4, -0.2) is 72.2 Å². The van der Waals surface area contributed by atoms with Gasteiger partial charge in [0.25, 0.3) is 0 Å². The Labute approximate surface area is 147 Å². The molecule has 1 aliphatic heterocycles. The van der Waals surface area contributed by atoms with Crippen LogP contribution < -0.4 is 5.32 Å². The molecule has 1 fully saturated rings. The minimum atomic E-state index is -0.203. The van der Waals surface area contributed by atoms with E-state index in [1.807, 2.05) is 6.92 Å².